The van der Waals surface area contributed by atoms with Crippen LogP contribution in [-0.4, -0.2) is 24.0 Å². The number of nitrogens with zero attached hydrogens (tertiary/aromatic N) is 1. The highest BCUT2D eigenvalue weighted by molar-refractivity contribution is 5.94. The van der Waals surface area contributed by atoms with E-state index >= 15 is 0 Å². The molecule has 2 rings (SSSR count). The van der Waals surface area contributed by atoms with Crippen LogP contribution in [0.1, 0.15) is 29.6 Å². The van der Waals surface area contributed by atoms with E-state index in [2.05, 4.69) is 10.3 Å². The molecular formula is C13H18FN3O. The molecule has 1 aliphatic rings. The molecule has 2 unspecified atom stereocenters. The van der Waals surface area contributed by atoms with E-state index in [0.717, 1.165) is 25.5 Å². The van der Waals surface area contributed by atoms with Gasteiger partial charge in [-0.05, 0) is 37.3 Å². The molecule has 1 amide bonds. The van der Waals surface area contributed by atoms with Crippen LogP contribution in [0.5, 0.6) is 0 Å². The average Bonchev–Trinajstić information content (AvgIpc) is 2.84. The maximum atomic E-state index is 13.3. The second kappa shape index (κ2) is 5.91. The van der Waals surface area contributed by atoms with Crippen LogP contribution < -0.4 is 11.1 Å². The normalized spacial score (nSPS) is 23.0. The van der Waals surface area contributed by atoms with Crippen LogP contribution in [0.2, 0.25) is 0 Å². The molecule has 1 saturated carbocycles. The Morgan fingerprint density at radius 2 is 2.28 bits per heavy atom. The topological polar surface area (TPSA) is 68.0 Å². The average molecular weight is 251 g/mol. The monoisotopic (exact) mass is 251 g/mol. The van der Waals surface area contributed by atoms with E-state index in [0.29, 0.717) is 24.9 Å². The van der Waals surface area contributed by atoms with Gasteiger partial charge in [0.05, 0.1) is 11.8 Å². The summed E-state index contributed by atoms with van der Waals surface area (Å²) in [7, 11) is 0. The first-order valence-corrected chi connectivity index (χ1v) is 6.30. The van der Waals surface area contributed by atoms with Gasteiger partial charge in [-0.2, -0.15) is 0 Å². The van der Waals surface area contributed by atoms with Crippen molar-refractivity contribution in [3.63, 3.8) is 0 Å². The molecule has 0 bridgehead atoms. The summed E-state index contributed by atoms with van der Waals surface area (Å²) in [6, 6.07) is 1.39. The molecule has 2 atom stereocenters. The van der Waals surface area contributed by atoms with Crippen LogP contribution >= 0.6 is 0 Å². The van der Waals surface area contributed by atoms with Crippen molar-refractivity contribution < 1.29 is 9.18 Å². The van der Waals surface area contributed by atoms with E-state index in [1.807, 2.05) is 0 Å². The van der Waals surface area contributed by atoms with Gasteiger partial charge in [-0.1, -0.05) is 6.42 Å². The summed E-state index contributed by atoms with van der Waals surface area (Å²) in [4.78, 5) is 15.4. The van der Waals surface area contributed by atoms with Crippen molar-refractivity contribution in [2.24, 2.45) is 17.6 Å². The number of hydrogen-bond acceptors (Lipinski definition) is 3. The standard InChI is InChI=1S/C13H18FN3O/c14-12-8-16-5-4-11(12)13(18)17-7-10-3-1-2-9(10)6-15/h4-5,8-10H,1-3,6-7,15H2,(H,17,18). The molecule has 0 aliphatic heterocycles. The molecule has 98 valence electrons. The van der Waals surface area contributed by atoms with Crippen LogP contribution in [0.3, 0.4) is 0 Å². The molecule has 1 aromatic heterocycles. The highest BCUT2D eigenvalue weighted by atomic mass is 19.1. The van der Waals surface area contributed by atoms with Gasteiger partial charge < -0.3 is 11.1 Å². The van der Waals surface area contributed by atoms with Gasteiger partial charge >= 0.3 is 0 Å². The Morgan fingerprint density at radius 1 is 1.50 bits per heavy atom. The lowest BCUT2D eigenvalue weighted by atomic mass is 9.96. The quantitative estimate of drug-likeness (QED) is 0.848. The molecule has 0 spiro atoms. The van der Waals surface area contributed by atoms with Gasteiger partial charge in [-0.15, -0.1) is 0 Å². The number of nitrogens with one attached hydrogen (secondary N) is 1. The first-order chi connectivity index (χ1) is 8.72. The van der Waals surface area contributed by atoms with Gasteiger partial charge in [-0.25, -0.2) is 4.39 Å². The molecule has 0 aromatic carbocycles. The number of aromatic nitrogens is 1. The zero-order chi connectivity index (χ0) is 13.0. The molecular weight excluding hydrogens is 233 g/mol. The van der Waals surface area contributed by atoms with Gasteiger partial charge in [0.15, 0.2) is 5.82 Å². The van der Waals surface area contributed by atoms with Crippen LogP contribution in [0.4, 0.5) is 4.39 Å². The fourth-order valence-corrected chi connectivity index (χ4v) is 2.57. The largest absolute Gasteiger partial charge is 0.352 e. The maximum absolute atomic E-state index is 13.3. The van der Waals surface area contributed by atoms with Crippen LogP contribution in [-0.2, 0) is 0 Å². The number of nitrogens with two attached hydrogens (primary N) is 1. The summed E-state index contributed by atoms with van der Waals surface area (Å²) < 4.78 is 13.3. The highest BCUT2D eigenvalue weighted by Gasteiger charge is 2.26. The third-order valence-electron chi connectivity index (χ3n) is 3.66. The molecule has 5 heteroatoms. The minimum absolute atomic E-state index is 0.0484. The second-order valence-electron chi connectivity index (χ2n) is 4.75. The van der Waals surface area contributed by atoms with Crippen molar-refractivity contribution in [2.75, 3.05) is 13.1 Å². The molecule has 1 heterocycles. The lowest BCUT2D eigenvalue weighted by Crippen LogP contribution is -2.33. The zero-order valence-corrected chi connectivity index (χ0v) is 10.2. The predicted molar refractivity (Wildman–Crippen MR) is 66.4 cm³/mol. The van der Waals surface area contributed by atoms with Crippen LogP contribution in [0.15, 0.2) is 18.5 Å². The van der Waals surface area contributed by atoms with Gasteiger partial charge in [0, 0.05) is 12.7 Å². The first-order valence-electron chi connectivity index (χ1n) is 6.30. The van der Waals surface area contributed by atoms with E-state index in [4.69, 9.17) is 5.73 Å². The van der Waals surface area contributed by atoms with Crippen LogP contribution in [0, 0.1) is 17.7 Å². The van der Waals surface area contributed by atoms with E-state index < -0.39 is 5.82 Å². The van der Waals surface area contributed by atoms with Crippen molar-refractivity contribution in [1.82, 2.24) is 10.3 Å². The van der Waals surface area contributed by atoms with Crippen molar-refractivity contribution >= 4 is 5.91 Å². The number of pyridine rings is 1. The minimum atomic E-state index is -0.586. The SMILES string of the molecule is NCC1CCCC1CNC(=O)c1ccncc1F. The molecule has 18 heavy (non-hydrogen) atoms. The number of carbonyl (C=O) groups excluding carboxylic acids is 1. The Bertz CT molecular complexity index is 424. The van der Waals surface area contributed by atoms with E-state index in [1.165, 1.54) is 12.3 Å². The van der Waals surface area contributed by atoms with E-state index in [1.54, 1.807) is 0 Å². The van der Waals surface area contributed by atoms with Crippen molar-refractivity contribution in [3.8, 4) is 0 Å². The Morgan fingerprint density at radius 3 is 3.00 bits per heavy atom. The maximum Gasteiger partial charge on any atom is 0.254 e. The number of rotatable bonds is 4. The number of halogens is 1. The molecule has 0 saturated heterocycles. The molecule has 1 aliphatic carbocycles. The number of hydrogen-bond donors (Lipinski definition) is 2. The van der Waals surface area contributed by atoms with Gasteiger partial charge in [-0.3, -0.25) is 9.78 Å². The summed E-state index contributed by atoms with van der Waals surface area (Å²) in [5.74, 6) is -0.0641. The summed E-state index contributed by atoms with van der Waals surface area (Å²) in [6.07, 6.45) is 5.83. The summed E-state index contributed by atoms with van der Waals surface area (Å²) >= 11 is 0. The minimum Gasteiger partial charge on any atom is -0.352 e. The van der Waals surface area contributed by atoms with Gasteiger partial charge in [0.25, 0.3) is 5.91 Å². The summed E-state index contributed by atoms with van der Waals surface area (Å²) in [6.45, 7) is 1.23. The summed E-state index contributed by atoms with van der Waals surface area (Å²) in [5.41, 5.74) is 5.73. The van der Waals surface area contributed by atoms with Crippen LogP contribution in [0.25, 0.3) is 0 Å². The molecule has 0 radical (unpaired) electrons. The van der Waals surface area contributed by atoms with Crippen molar-refractivity contribution in [2.45, 2.75) is 19.3 Å². The highest BCUT2D eigenvalue weighted by Crippen LogP contribution is 2.30. The Hall–Kier alpha value is -1.49. The zero-order valence-electron chi connectivity index (χ0n) is 10.2. The van der Waals surface area contributed by atoms with E-state index in [9.17, 15) is 9.18 Å². The predicted octanol–water partition coefficient (Wildman–Crippen LogP) is 1.33. The molecule has 1 aromatic rings. The lowest BCUT2D eigenvalue weighted by Gasteiger charge is -2.18. The van der Waals surface area contributed by atoms with Crippen molar-refractivity contribution in [3.05, 3.63) is 29.8 Å². The Balaban J connectivity index is 1.91. The molecule has 1 fully saturated rings. The molecule has 4 nitrogen and oxygen atoms in total. The molecule has 3 N–H and O–H groups in total. The Labute approximate surface area is 106 Å². The smallest absolute Gasteiger partial charge is 0.254 e. The summed E-state index contributed by atoms with van der Waals surface area (Å²) in [5, 5.41) is 2.78. The lowest BCUT2D eigenvalue weighted by molar-refractivity contribution is 0.0940. The van der Waals surface area contributed by atoms with E-state index in [-0.39, 0.29) is 11.5 Å². The number of carbonyl (C=O) groups is 1. The first kappa shape index (κ1) is 13.0. The second-order valence-corrected chi connectivity index (χ2v) is 4.75. The number of amides is 1. The van der Waals surface area contributed by atoms with Gasteiger partial charge in [0.2, 0.25) is 0 Å². The third-order valence-corrected chi connectivity index (χ3v) is 3.66. The van der Waals surface area contributed by atoms with Gasteiger partial charge in [0.1, 0.15) is 0 Å². The van der Waals surface area contributed by atoms with Crippen molar-refractivity contribution in [1.29, 1.82) is 0 Å². The third kappa shape index (κ3) is 2.85. The Kier molecular flexibility index (Phi) is 4.25. The fourth-order valence-electron chi connectivity index (χ4n) is 2.57. The fraction of sp³-hybridized carbons (Fsp3) is 0.538.